The number of aromatic hydroxyl groups is 1. The van der Waals surface area contributed by atoms with Gasteiger partial charge in [-0.05, 0) is 62.8 Å². The Labute approximate surface area is 151 Å². The third-order valence-corrected chi connectivity index (χ3v) is 6.53. The van der Waals surface area contributed by atoms with Crippen molar-refractivity contribution in [1.82, 2.24) is 5.32 Å². The first-order chi connectivity index (χ1) is 11.1. The van der Waals surface area contributed by atoms with E-state index in [9.17, 15) is 9.90 Å². The van der Waals surface area contributed by atoms with Gasteiger partial charge < -0.3 is 15.2 Å². The third kappa shape index (κ3) is 3.51. The molecule has 0 saturated heterocycles. The van der Waals surface area contributed by atoms with E-state index in [1.807, 2.05) is 0 Å². The number of amides is 1. The van der Waals surface area contributed by atoms with Crippen molar-refractivity contribution in [2.75, 3.05) is 12.9 Å². The molecule has 1 atom stereocenters. The maximum absolute atomic E-state index is 12.5. The molecule has 1 aliphatic heterocycles. The number of hydrogen-bond donors (Lipinski definition) is 2. The lowest BCUT2D eigenvalue weighted by Crippen LogP contribution is -2.29. The summed E-state index contributed by atoms with van der Waals surface area (Å²) in [5, 5.41) is 14.7. The molecule has 0 radical (unpaired) electrons. The molecule has 1 aliphatic rings. The van der Waals surface area contributed by atoms with E-state index in [1.54, 1.807) is 35.2 Å². The van der Waals surface area contributed by atoms with Gasteiger partial charge in [0.05, 0.1) is 11.6 Å². The van der Waals surface area contributed by atoms with Crippen molar-refractivity contribution < 1.29 is 14.6 Å². The van der Waals surface area contributed by atoms with Crippen molar-refractivity contribution in [3.8, 4) is 11.5 Å². The number of nitrogens with one attached hydrogen (secondary N) is 1. The first-order valence-corrected chi connectivity index (χ1v) is 9.83. The van der Waals surface area contributed by atoms with Crippen LogP contribution in [0.4, 0.5) is 0 Å². The number of methoxy groups -OCH3 is 1. The Morgan fingerprint density at radius 1 is 1.52 bits per heavy atom. The average Bonchev–Trinajstić information content (AvgIpc) is 3.04. The van der Waals surface area contributed by atoms with Crippen LogP contribution in [0, 0.1) is 0 Å². The van der Waals surface area contributed by atoms with Crippen LogP contribution < -0.4 is 10.1 Å². The zero-order valence-electron chi connectivity index (χ0n) is 12.5. The summed E-state index contributed by atoms with van der Waals surface area (Å²) in [5.41, 5.74) is 2.01. The van der Waals surface area contributed by atoms with Crippen LogP contribution in [0.5, 0.6) is 11.5 Å². The fraction of sp³-hybridized carbons (Fsp3) is 0.312. The molecule has 1 aromatic heterocycles. The molecule has 2 aromatic rings. The zero-order valence-corrected chi connectivity index (χ0v) is 15.7. The second-order valence-electron chi connectivity index (χ2n) is 5.15. The van der Waals surface area contributed by atoms with Crippen LogP contribution in [-0.4, -0.2) is 23.9 Å². The molecule has 1 aromatic carbocycles. The summed E-state index contributed by atoms with van der Waals surface area (Å²) in [6.45, 7) is 0.393. The van der Waals surface area contributed by atoms with Crippen LogP contribution in [0.3, 0.4) is 0 Å². The molecule has 0 unspecified atom stereocenters. The van der Waals surface area contributed by atoms with Crippen molar-refractivity contribution in [1.29, 1.82) is 0 Å². The van der Waals surface area contributed by atoms with Crippen LogP contribution in [0.1, 0.15) is 21.3 Å². The predicted octanol–water partition coefficient (Wildman–Crippen LogP) is 3.87. The Morgan fingerprint density at radius 3 is 3.13 bits per heavy atom. The van der Waals surface area contributed by atoms with Crippen LogP contribution >= 0.6 is 39.0 Å². The highest BCUT2D eigenvalue weighted by atomic mass is 79.9. The molecular formula is C16H16BrNO3S2. The Balaban J connectivity index is 1.70. The van der Waals surface area contributed by atoms with Gasteiger partial charge in [0.15, 0.2) is 11.5 Å². The van der Waals surface area contributed by atoms with E-state index >= 15 is 0 Å². The van der Waals surface area contributed by atoms with E-state index in [1.165, 1.54) is 12.0 Å². The summed E-state index contributed by atoms with van der Waals surface area (Å²) >= 11 is 6.71. The van der Waals surface area contributed by atoms with E-state index in [2.05, 4.69) is 32.7 Å². The number of fused-ring (bicyclic) bond motifs is 1. The fourth-order valence-electron chi connectivity index (χ4n) is 2.53. The number of phenolic OH excluding ortho intramolecular Hbond substituents is 1. The highest BCUT2D eigenvalue weighted by molar-refractivity contribution is 9.10. The quantitative estimate of drug-likeness (QED) is 0.798. The monoisotopic (exact) mass is 413 g/mol. The van der Waals surface area contributed by atoms with Gasteiger partial charge in [0, 0.05) is 11.4 Å². The number of benzene rings is 1. The molecule has 3 rings (SSSR count). The maximum Gasteiger partial charge on any atom is 0.237 e. The first kappa shape index (κ1) is 16.7. The number of thiophene rings is 1. The summed E-state index contributed by atoms with van der Waals surface area (Å²) in [6, 6.07) is 5.56. The first-order valence-electron chi connectivity index (χ1n) is 7.11. The Kier molecular flexibility index (Phi) is 5.18. The summed E-state index contributed by atoms with van der Waals surface area (Å²) in [4.78, 5) is 13.8. The second kappa shape index (κ2) is 7.15. The van der Waals surface area contributed by atoms with E-state index < -0.39 is 0 Å². The van der Waals surface area contributed by atoms with Gasteiger partial charge in [0.2, 0.25) is 5.91 Å². The fourth-order valence-corrected chi connectivity index (χ4v) is 5.34. The normalized spacial score (nSPS) is 16.7. The number of rotatable bonds is 4. The maximum atomic E-state index is 12.5. The minimum absolute atomic E-state index is 0.0255. The van der Waals surface area contributed by atoms with Crippen LogP contribution in [0.2, 0.25) is 0 Å². The molecule has 122 valence electrons. The van der Waals surface area contributed by atoms with Gasteiger partial charge in [0.1, 0.15) is 5.25 Å². The number of carbonyl (C=O) groups excluding carboxylic acids is 1. The van der Waals surface area contributed by atoms with Gasteiger partial charge >= 0.3 is 0 Å². The number of aryl methyl sites for hydroxylation is 1. The minimum Gasteiger partial charge on any atom is -0.503 e. The third-order valence-electron chi connectivity index (χ3n) is 3.69. The number of thioether (sulfide) groups is 1. The van der Waals surface area contributed by atoms with Gasteiger partial charge in [0.25, 0.3) is 0 Å². The molecule has 0 fully saturated rings. The topological polar surface area (TPSA) is 58.6 Å². The second-order valence-corrected chi connectivity index (χ2v) is 8.21. The van der Waals surface area contributed by atoms with Gasteiger partial charge in [-0.1, -0.05) is 0 Å². The van der Waals surface area contributed by atoms with Crippen LogP contribution in [0.25, 0.3) is 0 Å². The van der Waals surface area contributed by atoms with Crippen molar-refractivity contribution in [3.05, 3.63) is 44.1 Å². The highest BCUT2D eigenvalue weighted by Gasteiger charge is 2.27. The molecule has 0 aliphatic carbocycles. The van der Waals surface area contributed by atoms with Gasteiger partial charge in [-0.25, -0.2) is 0 Å². The van der Waals surface area contributed by atoms with Crippen molar-refractivity contribution in [2.24, 2.45) is 0 Å². The van der Waals surface area contributed by atoms with Crippen molar-refractivity contribution in [3.63, 3.8) is 0 Å². The smallest absolute Gasteiger partial charge is 0.237 e. The number of halogens is 1. The lowest BCUT2D eigenvalue weighted by Gasteiger charge is -2.21. The van der Waals surface area contributed by atoms with Gasteiger partial charge in [-0.3, -0.25) is 4.79 Å². The summed E-state index contributed by atoms with van der Waals surface area (Å²) in [5.74, 6) is 1.45. The molecular weight excluding hydrogens is 398 g/mol. The molecule has 2 N–H and O–H groups in total. The lowest BCUT2D eigenvalue weighted by molar-refractivity contribution is -0.120. The Hall–Kier alpha value is -1.18. The van der Waals surface area contributed by atoms with E-state index in [0.29, 0.717) is 16.8 Å². The molecule has 0 spiro atoms. The summed E-state index contributed by atoms with van der Waals surface area (Å²) < 4.78 is 5.68. The molecule has 7 heteroatoms. The van der Waals surface area contributed by atoms with Gasteiger partial charge in [-0.2, -0.15) is 0 Å². The molecule has 1 amide bonds. The van der Waals surface area contributed by atoms with E-state index in [-0.39, 0.29) is 16.9 Å². The van der Waals surface area contributed by atoms with Crippen molar-refractivity contribution in [2.45, 2.75) is 18.2 Å². The summed E-state index contributed by atoms with van der Waals surface area (Å²) in [6.07, 6.45) is 1.05. The van der Waals surface area contributed by atoms with Gasteiger partial charge in [-0.15, -0.1) is 23.1 Å². The highest BCUT2D eigenvalue weighted by Crippen LogP contribution is 2.39. The summed E-state index contributed by atoms with van der Waals surface area (Å²) in [7, 11) is 1.50. The SMILES string of the molecule is COc1cc(CNC(=O)[C@H]2SCCc3sccc32)cc(Br)c1O. The number of ether oxygens (including phenoxy) is 1. The largest absolute Gasteiger partial charge is 0.503 e. The standard InChI is InChI=1S/C16H16BrNO3S2/c1-21-12-7-9(6-11(17)14(12)19)8-18-16(20)15-10-2-4-22-13(10)3-5-23-15/h2,4,6-7,15,19H,3,5,8H2,1H3,(H,18,20)/t15-/m0/s1. The van der Waals surface area contributed by atoms with E-state index in [0.717, 1.165) is 23.3 Å². The van der Waals surface area contributed by atoms with Crippen LogP contribution in [-0.2, 0) is 17.8 Å². The van der Waals surface area contributed by atoms with Crippen LogP contribution in [0.15, 0.2) is 28.1 Å². The Bertz CT molecular complexity index is 732. The molecule has 2 heterocycles. The number of phenols is 1. The molecule has 0 bridgehead atoms. The van der Waals surface area contributed by atoms with Crippen molar-refractivity contribution >= 4 is 44.9 Å². The average molecular weight is 414 g/mol. The molecule has 0 saturated carbocycles. The molecule has 23 heavy (non-hydrogen) atoms. The minimum atomic E-state index is -0.132. The predicted molar refractivity (Wildman–Crippen MR) is 97.4 cm³/mol. The van der Waals surface area contributed by atoms with E-state index in [4.69, 9.17) is 4.74 Å². The number of hydrogen-bond acceptors (Lipinski definition) is 5. The number of carbonyl (C=O) groups is 1. The lowest BCUT2D eigenvalue weighted by atomic mass is 10.1. The zero-order chi connectivity index (χ0) is 16.4. The Morgan fingerprint density at radius 2 is 2.35 bits per heavy atom. The molecule has 4 nitrogen and oxygen atoms in total.